The number of benzene rings is 1. The molecule has 2 amide bonds. The van der Waals surface area contributed by atoms with E-state index in [1.165, 1.54) is 0 Å². The average molecular weight is 337 g/mol. The third kappa shape index (κ3) is 4.00. The summed E-state index contributed by atoms with van der Waals surface area (Å²) < 4.78 is 5.09. The minimum Gasteiger partial charge on any atom is -0.388 e. The van der Waals surface area contributed by atoms with Crippen LogP contribution in [0, 0.1) is 0 Å². The van der Waals surface area contributed by atoms with Crippen LogP contribution >= 0.6 is 11.6 Å². The van der Waals surface area contributed by atoms with Crippen LogP contribution in [-0.4, -0.2) is 33.4 Å². The van der Waals surface area contributed by atoms with Gasteiger partial charge in [0.05, 0.1) is 12.1 Å². The molecule has 0 unspecified atom stereocenters. The highest BCUT2D eigenvalue weighted by Gasteiger charge is 2.34. The highest BCUT2D eigenvalue weighted by atomic mass is 35.5. The molecular formula is C15H17ClN4O3. The molecule has 3 N–H and O–H groups in total. The summed E-state index contributed by atoms with van der Waals surface area (Å²) in [5.41, 5.74) is -0.00848. The Bertz CT molecular complexity index is 700. The fraction of sp³-hybridized carbons (Fsp3) is 0.400. The normalized spacial score (nSPS) is 15.7. The summed E-state index contributed by atoms with van der Waals surface area (Å²) in [5, 5.41) is 19.6. The van der Waals surface area contributed by atoms with Gasteiger partial charge in [-0.15, -0.1) is 0 Å². The van der Waals surface area contributed by atoms with Gasteiger partial charge in [-0.25, -0.2) is 4.79 Å². The van der Waals surface area contributed by atoms with Gasteiger partial charge in [0.25, 0.3) is 0 Å². The number of aromatic nitrogens is 2. The van der Waals surface area contributed by atoms with Crippen LogP contribution in [0.15, 0.2) is 28.8 Å². The summed E-state index contributed by atoms with van der Waals surface area (Å²) >= 11 is 5.92. The van der Waals surface area contributed by atoms with Crippen LogP contribution in [0.3, 0.4) is 0 Å². The van der Waals surface area contributed by atoms with Crippen molar-refractivity contribution in [3.05, 3.63) is 35.2 Å². The van der Waals surface area contributed by atoms with Gasteiger partial charge in [0, 0.05) is 17.1 Å². The summed E-state index contributed by atoms with van der Waals surface area (Å²) in [7, 11) is 0. The molecule has 0 aliphatic heterocycles. The monoisotopic (exact) mass is 336 g/mol. The van der Waals surface area contributed by atoms with E-state index in [0.29, 0.717) is 10.8 Å². The van der Waals surface area contributed by atoms with Gasteiger partial charge in [0.1, 0.15) is 0 Å². The standard InChI is InChI=1S/C15H17ClN4O3/c16-11-4-1-3-10(7-11)13-19-12(23-20-13)8-17-14(21)18-9-15(22)5-2-6-15/h1,3-4,7,22H,2,5-6,8-9H2,(H2,17,18,21). The van der Waals surface area contributed by atoms with Gasteiger partial charge >= 0.3 is 6.03 Å². The van der Waals surface area contributed by atoms with Crippen molar-refractivity contribution in [1.29, 1.82) is 0 Å². The second-order valence-corrected chi connectivity index (χ2v) is 6.07. The number of rotatable bonds is 5. The van der Waals surface area contributed by atoms with Crippen molar-refractivity contribution in [2.45, 2.75) is 31.4 Å². The quantitative estimate of drug-likeness (QED) is 0.776. The molecule has 1 heterocycles. The fourth-order valence-corrected chi connectivity index (χ4v) is 2.49. The van der Waals surface area contributed by atoms with Crippen LogP contribution in [0.25, 0.3) is 11.4 Å². The summed E-state index contributed by atoms with van der Waals surface area (Å²) in [6.45, 7) is 0.355. The number of nitrogens with zero attached hydrogens (tertiary/aromatic N) is 2. The van der Waals surface area contributed by atoms with Crippen LogP contribution in [0.4, 0.5) is 4.79 Å². The summed E-state index contributed by atoms with van der Waals surface area (Å²) in [4.78, 5) is 15.9. The second kappa shape index (κ2) is 6.55. The SMILES string of the molecule is O=C(NCc1nc(-c2cccc(Cl)c2)no1)NCC1(O)CCC1. The molecule has 1 saturated carbocycles. The molecule has 1 aliphatic carbocycles. The lowest BCUT2D eigenvalue weighted by Crippen LogP contribution is -2.49. The Kier molecular flexibility index (Phi) is 4.49. The van der Waals surface area contributed by atoms with Gasteiger partial charge in [0.2, 0.25) is 11.7 Å². The summed E-state index contributed by atoms with van der Waals surface area (Å²) in [5.74, 6) is 0.700. The summed E-state index contributed by atoms with van der Waals surface area (Å²) in [6, 6.07) is 6.72. The Hall–Kier alpha value is -2.12. The number of halogens is 1. The highest BCUT2D eigenvalue weighted by molar-refractivity contribution is 6.30. The topological polar surface area (TPSA) is 100 Å². The highest BCUT2D eigenvalue weighted by Crippen LogP contribution is 2.30. The largest absolute Gasteiger partial charge is 0.388 e. The molecule has 2 aromatic rings. The molecule has 1 aliphatic rings. The predicted molar refractivity (Wildman–Crippen MR) is 83.8 cm³/mol. The van der Waals surface area contributed by atoms with E-state index in [0.717, 1.165) is 24.8 Å². The van der Waals surface area contributed by atoms with E-state index in [9.17, 15) is 9.90 Å². The van der Waals surface area contributed by atoms with Gasteiger partial charge in [0.15, 0.2) is 0 Å². The zero-order chi connectivity index (χ0) is 16.3. The third-order valence-electron chi connectivity index (χ3n) is 3.81. The van der Waals surface area contributed by atoms with Crippen molar-refractivity contribution in [2.24, 2.45) is 0 Å². The van der Waals surface area contributed by atoms with E-state index >= 15 is 0 Å². The first-order valence-corrected chi connectivity index (χ1v) is 7.74. The first-order chi connectivity index (χ1) is 11.0. The van der Waals surface area contributed by atoms with Crippen LogP contribution < -0.4 is 10.6 Å². The Morgan fingerprint density at radius 3 is 2.91 bits per heavy atom. The molecule has 1 aromatic carbocycles. The zero-order valence-corrected chi connectivity index (χ0v) is 13.1. The molecule has 0 saturated heterocycles. The maximum atomic E-state index is 11.7. The van der Waals surface area contributed by atoms with Gasteiger partial charge in [-0.1, -0.05) is 28.9 Å². The lowest BCUT2D eigenvalue weighted by molar-refractivity contribution is -0.0290. The van der Waals surface area contributed by atoms with E-state index in [1.807, 2.05) is 6.07 Å². The van der Waals surface area contributed by atoms with Gasteiger partial charge < -0.3 is 20.3 Å². The molecule has 1 fully saturated rings. The summed E-state index contributed by atoms with van der Waals surface area (Å²) in [6.07, 6.45) is 2.44. The zero-order valence-electron chi connectivity index (χ0n) is 12.4. The van der Waals surface area contributed by atoms with Gasteiger partial charge in [-0.3, -0.25) is 0 Å². The van der Waals surface area contributed by atoms with Crippen molar-refractivity contribution in [3.63, 3.8) is 0 Å². The number of carbonyl (C=O) groups is 1. The maximum Gasteiger partial charge on any atom is 0.315 e. The fourth-order valence-electron chi connectivity index (χ4n) is 2.30. The first kappa shape index (κ1) is 15.8. The number of nitrogens with one attached hydrogen (secondary N) is 2. The lowest BCUT2D eigenvalue weighted by atomic mass is 9.80. The molecule has 0 radical (unpaired) electrons. The Morgan fingerprint density at radius 1 is 1.39 bits per heavy atom. The van der Waals surface area contributed by atoms with Crippen molar-refractivity contribution in [3.8, 4) is 11.4 Å². The van der Waals surface area contributed by atoms with E-state index in [4.69, 9.17) is 16.1 Å². The molecule has 23 heavy (non-hydrogen) atoms. The van der Waals surface area contributed by atoms with E-state index in [2.05, 4.69) is 20.8 Å². The first-order valence-electron chi connectivity index (χ1n) is 7.37. The smallest absolute Gasteiger partial charge is 0.315 e. The Balaban J connectivity index is 1.50. The number of hydrogen-bond acceptors (Lipinski definition) is 5. The number of urea groups is 1. The lowest BCUT2D eigenvalue weighted by Gasteiger charge is -2.36. The molecule has 0 atom stereocenters. The predicted octanol–water partition coefficient (Wildman–Crippen LogP) is 2.10. The van der Waals surface area contributed by atoms with Crippen LogP contribution in [0.5, 0.6) is 0 Å². The number of carbonyl (C=O) groups excluding carboxylic acids is 1. The minimum atomic E-state index is -0.748. The van der Waals surface area contributed by atoms with Crippen LogP contribution in [0.2, 0.25) is 5.02 Å². The average Bonchev–Trinajstić information content (AvgIpc) is 2.98. The third-order valence-corrected chi connectivity index (χ3v) is 4.05. The van der Waals surface area contributed by atoms with Gasteiger partial charge in [-0.2, -0.15) is 4.98 Å². The number of hydrogen-bond donors (Lipinski definition) is 3. The van der Waals surface area contributed by atoms with Crippen molar-refractivity contribution >= 4 is 17.6 Å². The molecule has 1 aromatic heterocycles. The van der Waals surface area contributed by atoms with Crippen molar-refractivity contribution in [2.75, 3.05) is 6.54 Å². The van der Waals surface area contributed by atoms with Gasteiger partial charge in [-0.05, 0) is 31.4 Å². The molecular weight excluding hydrogens is 320 g/mol. The number of aliphatic hydroxyl groups is 1. The molecule has 3 rings (SSSR count). The van der Waals surface area contributed by atoms with Crippen LogP contribution in [-0.2, 0) is 6.54 Å². The molecule has 0 spiro atoms. The molecule has 8 heteroatoms. The minimum absolute atomic E-state index is 0.109. The Labute approximate surface area is 138 Å². The van der Waals surface area contributed by atoms with Crippen molar-refractivity contribution < 1.29 is 14.4 Å². The van der Waals surface area contributed by atoms with Crippen LogP contribution in [0.1, 0.15) is 25.2 Å². The van der Waals surface area contributed by atoms with E-state index in [-0.39, 0.29) is 25.0 Å². The number of amides is 2. The molecule has 122 valence electrons. The van der Waals surface area contributed by atoms with E-state index < -0.39 is 5.60 Å². The molecule has 0 bridgehead atoms. The second-order valence-electron chi connectivity index (χ2n) is 5.64. The maximum absolute atomic E-state index is 11.7. The van der Waals surface area contributed by atoms with Crippen molar-refractivity contribution in [1.82, 2.24) is 20.8 Å². The van der Waals surface area contributed by atoms with E-state index in [1.54, 1.807) is 18.2 Å². The molecule has 7 nitrogen and oxygen atoms in total. The Morgan fingerprint density at radius 2 is 2.22 bits per heavy atom.